The van der Waals surface area contributed by atoms with Crippen molar-refractivity contribution in [3.8, 4) is 0 Å². The van der Waals surface area contributed by atoms with Crippen LogP contribution in [0.1, 0.15) is 28.5 Å². The standard InChI is InChI=1S/C16H18N4O2/c1-2-20-10-17-8-12(20)9-18-16(22)14-7-11-5-3-4-6-13(11)15(21)19-14/h3-6,8,10,14H,2,7,9H2,1H3,(H,18,22)(H,19,21). The summed E-state index contributed by atoms with van der Waals surface area (Å²) in [7, 11) is 0. The molecule has 0 aliphatic carbocycles. The maximum atomic E-state index is 12.3. The third kappa shape index (κ3) is 2.72. The van der Waals surface area contributed by atoms with Crippen molar-refractivity contribution >= 4 is 11.8 Å². The van der Waals surface area contributed by atoms with Crippen molar-refractivity contribution in [1.29, 1.82) is 0 Å². The molecular formula is C16H18N4O2. The van der Waals surface area contributed by atoms with Crippen molar-refractivity contribution in [3.63, 3.8) is 0 Å². The van der Waals surface area contributed by atoms with E-state index < -0.39 is 6.04 Å². The molecule has 0 saturated heterocycles. The number of hydrogen-bond acceptors (Lipinski definition) is 3. The molecule has 1 unspecified atom stereocenters. The van der Waals surface area contributed by atoms with Crippen molar-refractivity contribution < 1.29 is 9.59 Å². The Morgan fingerprint density at radius 2 is 2.27 bits per heavy atom. The number of hydrogen-bond donors (Lipinski definition) is 2. The summed E-state index contributed by atoms with van der Waals surface area (Å²) in [6.07, 6.45) is 3.99. The quantitative estimate of drug-likeness (QED) is 0.879. The zero-order valence-corrected chi connectivity index (χ0v) is 12.4. The Morgan fingerprint density at radius 1 is 1.45 bits per heavy atom. The Balaban J connectivity index is 1.65. The molecule has 1 atom stereocenters. The van der Waals surface area contributed by atoms with Gasteiger partial charge in [-0.15, -0.1) is 0 Å². The zero-order chi connectivity index (χ0) is 15.5. The van der Waals surface area contributed by atoms with Crippen molar-refractivity contribution in [2.45, 2.75) is 32.5 Å². The van der Waals surface area contributed by atoms with E-state index in [9.17, 15) is 9.59 Å². The number of nitrogens with one attached hydrogen (secondary N) is 2. The number of aromatic nitrogens is 2. The van der Waals surface area contributed by atoms with Crippen molar-refractivity contribution in [2.24, 2.45) is 0 Å². The SMILES string of the molecule is CCn1cncc1CNC(=O)C1Cc2ccccc2C(=O)N1. The zero-order valence-electron chi connectivity index (χ0n) is 12.4. The minimum Gasteiger partial charge on any atom is -0.349 e. The summed E-state index contributed by atoms with van der Waals surface area (Å²) in [4.78, 5) is 28.4. The molecule has 6 heteroatoms. The van der Waals surface area contributed by atoms with Crippen molar-refractivity contribution in [3.05, 3.63) is 53.6 Å². The highest BCUT2D eigenvalue weighted by molar-refractivity contribution is 6.00. The van der Waals surface area contributed by atoms with Crippen molar-refractivity contribution in [2.75, 3.05) is 0 Å². The van der Waals surface area contributed by atoms with Crippen LogP contribution in [0.4, 0.5) is 0 Å². The molecule has 0 fully saturated rings. The number of rotatable bonds is 4. The first-order valence-corrected chi connectivity index (χ1v) is 7.34. The first kappa shape index (κ1) is 14.3. The maximum absolute atomic E-state index is 12.3. The van der Waals surface area contributed by atoms with Gasteiger partial charge in [-0.25, -0.2) is 4.98 Å². The second-order valence-electron chi connectivity index (χ2n) is 5.28. The van der Waals surface area contributed by atoms with E-state index in [1.165, 1.54) is 0 Å². The summed E-state index contributed by atoms with van der Waals surface area (Å²) in [6.45, 7) is 3.23. The van der Waals surface area contributed by atoms with Gasteiger partial charge in [-0.3, -0.25) is 9.59 Å². The molecule has 0 saturated carbocycles. The van der Waals surface area contributed by atoms with Gasteiger partial charge in [0, 0.05) is 24.7 Å². The number of fused-ring (bicyclic) bond motifs is 1. The number of imidazole rings is 1. The van der Waals surface area contributed by atoms with E-state index in [-0.39, 0.29) is 11.8 Å². The van der Waals surface area contributed by atoms with Gasteiger partial charge in [-0.05, 0) is 18.6 Å². The molecule has 1 aromatic heterocycles. The predicted molar refractivity (Wildman–Crippen MR) is 81.1 cm³/mol. The van der Waals surface area contributed by atoms with Crippen LogP contribution in [0.25, 0.3) is 0 Å². The number of aryl methyl sites for hydroxylation is 1. The number of carbonyl (C=O) groups is 2. The molecule has 2 amide bonds. The Hall–Kier alpha value is -2.63. The number of carbonyl (C=O) groups excluding carboxylic acids is 2. The topological polar surface area (TPSA) is 76.0 Å². The molecule has 6 nitrogen and oxygen atoms in total. The third-order valence-electron chi connectivity index (χ3n) is 3.89. The van der Waals surface area contributed by atoms with Gasteiger partial charge in [0.25, 0.3) is 5.91 Å². The van der Waals surface area contributed by atoms with Crippen LogP contribution in [-0.4, -0.2) is 27.4 Å². The lowest BCUT2D eigenvalue weighted by Crippen LogP contribution is -2.50. The van der Waals surface area contributed by atoms with Gasteiger partial charge in [-0.2, -0.15) is 0 Å². The van der Waals surface area contributed by atoms with Gasteiger partial charge in [0.1, 0.15) is 6.04 Å². The number of amides is 2. The minimum absolute atomic E-state index is 0.174. The van der Waals surface area contributed by atoms with Crippen LogP contribution >= 0.6 is 0 Å². The Morgan fingerprint density at radius 3 is 3.09 bits per heavy atom. The van der Waals surface area contributed by atoms with Gasteiger partial charge < -0.3 is 15.2 Å². The van der Waals surface area contributed by atoms with Crippen molar-refractivity contribution in [1.82, 2.24) is 20.2 Å². The van der Waals surface area contributed by atoms with Crippen LogP contribution < -0.4 is 10.6 Å². The van der Waals surface area contributed by atoms with Crippen LogP contribution in [0.2, 0.25) is 0 Å². The van der Waals surface area contributed by atoms with Gasteiger partial charge in [0.05, 0.1) is 18.6 Å². The van der Waals surface area contributed by atoms with Gasteiger partial charge >= 0.3 is 0 Å². The average Bonchev–Trinajstić information content (AvgIpc) is 3.00. The van der Waals surface area contributed by atoms with E-state index >= 15 is 0 Å². The molecule has 0 radical (unpaired) electrons. The van der Waals surface area contributed by atoms with Crippen LogP contribution in [0.5, 0.6) is 0 Å². The third-order valence-corrected chi connectivity index (χ3v) is 3.89. The smallest absolute Gasteiger partial charge is 0.252 e. The van der Waals surface area contributed by atoms with E-state index in [1.807, 2.05) is 29.7 Å². The highest BCUT2D eigenvalue weighted by Gasteiger charge is 2.28. The lowest BCUT2D eigenvalue weighted by Gasteiger charge is -2.24. The summed E-state index contributed by atoms with van der Waals surface area (Å²) >= 11 is 0. The first-order chi connectivity index (χ1) is 10.7. The van der Waals surface area contributed by atoms with E-state index in [4.69, 9.17) is 0 Å². The lowest BCUT2D eigenvalue weighted by atomic mass is 9.95. The van der Waals surface area contributed by atoms with Crippen LogP contribution in [0, 0.1) is 0 Å². The highest BCUT2D eigenvalue weighted by Crippen LogP contribution is 2.16. The number of benzene rings is 1. The molecular weight excluding hydrogens is 280 g/mol. The second-order valence-corrected chi connectivity index (χ2v) is 5.28. The molecule has 2 heterocycles. The predicted octanol–water partition coefficient (Wildman–Crippen LogP) is 0.874. The lowest BCUT2D eigenvalue weighted by molar-refractivity contribution is -0.123. The molecule has 2 N–H and O–H groups in total. The average molecular weight is 298 g/mol. The summed E-state index contributed by atoms with van der Waals surface area (Å²) in [5.74, 6) is -0.368. The normalized spacial score (nSPS) is 16.8. The van der Waals surface area contributed by atoms with E-state index in [0.29, 0.717) is 18.5 Å². The molecule has 22 heavy (non-hydrogen) atoms. The highest BCUT2D eigenvalue weighted by atomic mass is 16.2. The molecule has 1 aromatic carbocycles. The molecule has 3 rings (SSSR count). The molecule has 0 bridgehead atoms. The Bertz CT molecular complexity index is 708. The fraction of sp³-hybridized carbons (Fsp3) is 0.312. The van der Waals surface area contributed by atoms with E-state index in [2.05, 4.69) is 15.6 Å². The summed E-state index contributed by atoms with van der Waals surface area (Å²) in [6, 6.07) is 6.84. The molecule has 1 aliphatic rings. The Labute approximate surface area is 128 Å². The fourth-order valence-electron chi connectivity index (χ4n) is 2.67. The summed E-state index contributed by atoms with van der Waals surface area (Å²) in [5, 5.41) is 5.62. The first-order valence-electron chi connectivity index (χ1n) is 7.34. The second kappa shape index (κ2) is 6.01. The van der Waals surface area contributed by atoms with Gasteiger partial charge in [0.2, 0.25) is 5.91 Å². The van der Waals surface area contributed by atoms with Gasteiger partial charge in [-0.1, -0.05) is 18.2 Å². The van der Waals surface area contributed by atoms with E-state index in [1.54, 1.807) is 18.6 Å². The number of nitrogens with zero attached hydrogens (tertiary/aromatic N) is 2. The van der Waals surface area contributed by atoms with E-state index in [0.717, 1.165) is 17.8 Å². The molecule has 1 aliphatic heterocycles. The largest absolute Gasteiger partial charge is 0.349 e. The van der Waals surface area contributed by atoms with Crippen LogP contribution in [-0.2, 0) is 24.3 Å². The summed E-state index contributed by atoms with van der Waals surface area (Å²) in [5.41, 5.74) is 2.50. The summed E-state index contributed by atoms with van der Waals surface area (Å²) < 4.78 is 1.97. The Kier molecular flexibility index (Phi) is 3.91. The van der Waals surface area contributed by atoms with Crippen LogP contribution in [0.3, 0.4) is 0 Å². The fourth-order valence-corrected chi connectivity index (χ4v) is 2.67. The minimum atomic E-state index is -0.527. The monoisotopic (exact) mass is 298 g/mol. The van der Waals surface area contributed by atoms with Gasteiger partial charge in [0.15, 0.2) is 0 Å². The molecule has 2 aromatic rings. The maximum Gasteiger partial charge on any atom is 0.252 e. The molecule has 0 spiro atoms. The molecule has 114 valence electrons. The van der Waals surface area contributed by atoms with Crippen LogP contribution in [0.15, 0.2) is 36.8 Å².